The van der Waals surface area contributed by atoms with Crippen LogP contribution in [0.4, 0.5) is 8.78 Å². The summed E-state index contributed by atoms with van der Waals surface area (Å²) in [7, 11) is -8.30. The van der Waals surface area contributed by atoms with Crippen molar-refractivity contribution in [1.29, 1.82) is 0 Å². The highest BCUT2D eigenvalue weighted by molar-refractivity contribution is 8.33. The van der Waals surface area contributed by atoms with E-state index >= 15 is 8.78 Å². The summed E-state index contributed by atoms with van der Waals surface area (Å²) < 4.78 is 66.3. The average Bonchev–Trinajstić information content (AvgIpc) is 3.20. The van der Waals surface area contributed by atoms with E-state index < -0.39 is 37.3 Å². The second-order valence-corrected chi connectivity index (χ2v) is 15.5. The molecule has 0 unspecified atom stereocenters. The lowest BCUT2D eigenvalue weighted by Crippen LogP contribution is -2.55. The monoisotopic (exact) mass is 516 g/mol. The lowest BCUT2D eigenvalue weighted by atomic mass is 9.54. The van der Waals surface area contributed by atoms with E-state index in [9.17, 15) is 18.0 Å². The van der Waals surface area contributed by atoms with Crippen molar-refractivity contribution in [3.8, 4) is 0 Å². The van der Waals surface area contributed by atoms with E-state index in [0.29, 0.717) is 55.4 Å². The number of rotatable bonds is 8. The van der Waals surface area contributed by atoms with Crippen LogP contribution in [0.5, 0.6) is 0 Å². The predicted octanol–water partition coefficient (Wildman–Crippen LogP) is 4.83. The van der Waals surface area contributed by atoms with Crippen molar-refractivity contribution in [2.24, 2.45) is 17.8 Å². The molecule has 1 aromatic rings. The van der Waals surface area contributed by atoms with Gasteiger partial charge in [-0.3, -0.25) is 4.79 Å². The molecule has 0 aromatic heterocycles. The molecule has 1 aliphatic heterocycles. The molecular weight excluding hydrogens is 486 g/mol. The van der Waals surface area contributed by atoms with E-state index in [4.69, 9.17) is 8.37 Å². The van der Waals surface area contributed by atoms with Crippen molar-refractivity contribution in [2.75, 3.05) is 17.3 Å². The molecule has 34 heavy (non-hydrogen) atoms. The molecule has 188 valence electrons. The van der Waals surface area contributed by atoms with Crippen LogP contribution in [-0.4, -0.2) is 48.3 Å². The molecule has 10 heteroatoms. The van der Waals surface area contributed by atoms with Crippen molar-refractivity contribution in [2.45, 2.75) is 62.2 Å². The minimum Gasteiger partial charge on any atom is -0.454 e. The molecular formula is C24H30F2O6S2. The third-order valence-corrected chi connectivity index (χ3v) is 13.4. The molecule has 0 radical (unpaired) electrons. The third-order valence-electron chi connectivity index (χ3n) is 7.85. The van der Waals surface area contributed by atoms with Gasteiger partial charge in [0, 0.05) is 17.1 Å². The second kappa shape index (κ2) is 8.55. The van der Waals surface area contributed by atoms with Crippen molar-refractivity contribution in [3.63, 3.8) is 0 Å². The van der Waals surface area contributed by atoms with Crippen LogP contribution in [0.15, 0.2) is 30.3 Å². The van der Waals surface area contributed by atoms with Gasteiger partial charge in [-0.25, -0.2) is 8.42 Å². The molecule has 6 nitrogen and oxygen atoms in total. The Balaban J connectivity index is 1.32. The van der Waals surface area contributed by atoms with Crippen molar-refractivity contribution in [1.82, 2.24) is 0 Å². The largest absolute Gasteiger partial charge is 0.466 e. The quantitative estimate of drug-likeness (QED) is 0.363. The Morgan fingerprint density at radius 2 is 1.50 bits per heavy atom. The summed E-state index contributed by atoms with van der Waals surface area (Å²) in [5.74, 6) is -1.18. The number of Topliss-reactive ketones (excluding diaryl/α,β-unsaturated/α-hetero) is 1. The van der Waals surface area contributed by atoms with Gasteiger partial charge in [-0.2, -0.15) is 17.2 Å². The number of benzene rings is 1. The zero-order valence-electron chi connectivity index (χ0n) is 18.9. The van der Waals surface area contributed by atoms with E-state index in [0.717, 1.165) is 19.3 Å². The van der Waals surface area contributed by atoms with E-state index in [1.807, 2.05) is 0 Å². The summed E-state index contributed by atoms with van der Waals surface area (Å²) >= 11 is 0. The van der Waals surface area contributed by atoms with E-state index in [2.05, 4.69) is 0 Å². The maximum absolute atomic E-state index is 15.1. The molecule has 0 amide bonds. The Morgan fingerprint density at radius 3 is 2.03 bits per heavy atom. The smallest absolute Gasteiger partial charge is 0.454 e. The molecule has 1 saturated heterocycles. The van der Waals surface area contributed by atoms with Gasteiger partial charge in [0.1, 0.15) is 5.60 Å². The standard InChI is InChI=1S/C24H30F2O6S2/c25-24(26,22(28)31-23-13-17-10-18(14-23)12-19(11-17)15-23)34(29,30)32-33(8-4-5-9-33)16-21(27)20-6-2-1-3-7-20/h1-3,6-7,17-19H,4-5,8-16H2. The first-order valence-corrected chi connectivity index (χ1v) is 15.4. The number of esters is 1. The molecule has 1 heterocycles. The summed E-state index contributed by atoms with van der Waals surface area (Å²) in [5.41, 5.74) is -0.623. The highest BCUT2D eigenvalue weighted by Crippen LogP contribution is 2.59. The van der Waals surface area contributed by atoms with Crippen molar-refractivity contribution < 1.29 is 35.2 Å². The summed E-state index contributed by atoms with van der Waals surface area (Å²) in [6.07, 6.45) is 5.78. The van der Waals surface area contributed by atoms with Crippen LogP contribution in [0, 0.1) is 17.8 Å². The topological polar surface area (TPSA) is 86.7 Å². The molecule has 1 aromatic carbocycles. The first-order chi connectivity index (χ1) is 16.0. The SMILES string of the molecule is O=C(CS1(OS(=O)(=O)C(F)(F)C(=O)OC23CC4CC(CC(C4)C2)C3)CCCC1)c1ccccc1. The fraction of sp³-hybridized carbons (Fsp3) is 0.667. The van der Waals surface area contributed by atoms with Gasteiger partial charge in [0.05, 0.1) is 5.75 Å². The molecule has 0 N–H and O–H groups in total. The van der Waals surface area contributed by atoms with Gasteiger partial charge in [0.2, 0.25) is 0 Å². The van der Waals surface area contributed by atoms with Crippen LogP contribution in [0.25, 0.3) is 0 Å². The Hall–Kier alpha value is -1.52. The van der Waals surface area contributed by atoms with E-state index in [-0.39, 0.29) is 23.0 Å². The van der Waals surface area contributed by atoms with Crippen molar-refractivity contribution in [3.05, 3.63) is 35.9 Å². The molecule has 6 rings (SSSR count). The van der Waals surface area contributed by atoms with Crippen molar-refractivity contribution >= 4 is 32.2 Å². The fourth-order valence-electron chi connectivity index (χ4n) is 6.76. The zero-order chi connectivity index (χ0) is 24.2. The summed E-state index contributed by atoms with van der Waals surface area (Å²) in [6, 6.07) is 8.28. The summed E-state index contributed by atoms with van der Waals surface area (Å²) in [4.78, 5) is 25.4. The average molecular weight is 517 g/mol. The van der Waals surface area contributed by atoms with Crippen LogP contribution in [0.1, 0.15) is 61.7 Å². The number of hydrogen-bond acceptors (Lipinski definition) is 6. The Kier molecular flexibility index (Phi) is 6.08. The Bertz CT molecular complexity index is 1030. The minimum absolute atomic E-state index is 0.227. The highest BCUT2D eigenvalue weighted by atomic mass is 32.3. The second-order valence-electron chi connectivity index (χ2n) is 10.5. The van der Waals surface area contributed by atoms with E-state index in [1.54, 1.807) is 30.3 Å². The van der Waals surface area contributed by atoms with Crippen LogP contribution < -0.4 is 0 Å². The lowest BCUT2D eigenvalue weighted by Gasteiger charge is -2.55. The van der Waals surface area contributed by atoms with Crippen LogP contribution >= 0.6 is 10.3 Å². The molecule has 4 saturated carbocycles. The summed E-state index contributed by atoms with van der Waals surface area (Å²) in [6.45, 7) is 0. The molecule has 0 spiro atoms. The number of ether oxygens (including phenoxy) is 1. The first-order valence-electron chi connectivity index (χ1n) is 11.9. The Morgan fingerprint density at radius 1 is 0.971 bits per heavy atom. The zero-order valence-corrected chi connectivity index (χ0v) is 20.6. The molecule has 0 atom stereocenters. The van der Waals surface area contributed by atoms with Gasteiger partial charge in [-0.15, -0.1) is 10.3 Å². The maximum atomic E-state index is 15.1. The van der Waals surface area contributed by atoms with E-state index in [1.165, 1.54) is 0 Å². The number of halogens is 2. The number of alkyl halides is 2. The number of hydrogen-bond donors (Lipinski definition) is 0. The van der Waals surface area contributed by atoms with Gasteiger partial charge >= 0.3 is 21.3 Å². The van der Waals surface area contributed by atoms with Crippen LogP contribution in [0.3, 0.4) is 0 Å². The molecule has 5 aliphatic rings. The Labute approximate surface area is 200 Å². The fourth-order valence-corrected chi connectivity index (χ4v) is 12.2. The first kappa shape index (κ1) is 24.2. The van der Waals surface area contributed by atoms with Gasteiger partial charge in [0.25, 0.3) is 0 Å². The minimum atomic E-state index is -5.64. The molecule has 5 fully saturated rings. The highest BCUT2D eigenvalue weighted by Gasteiger charge is 2.62. The van der Waals surface area contributed by atoms with Gasteiger partial charge < -0.3 is 4.74 Å². The van der Waals surface area contributed by atoms with Gasteiger partial charge in [-0.05, 0) is 69.1 Å². The third kappa shape index (κ3) is 4.41. The number of carbonyl (C=O) groups excluding carboxylic acids is 2. The number of carbonyl (C=O) groups is 2. The predicted molar refractivity (Wildman–Crippen MR) is 124 cm³/mol. The normalized spacial score (nSPS) is 32.9. The molecule has 4 aliphatic carbocycles. The van der Waals surface area contributed by atoms with Crippen LogP contribution in [0.2, 0.25) is 0 Å². The maximum Gasteiger partial charge on any atom is 0.466 e. The summed E-state index contributed by atoms with van der Waals surface area (Å²) in [5, 5.41) is -4.82. The molecule has 4 bridgehead atoms. The number of ketones is 1. The van der Waals surface area contributed by atoms with Gasteiger partial charge in [-0.1, -0.05) is 30.3 Å². The van der Waals surface area contributed by atoms with Crippen LogP contribution in [-0.2, 0) is 23.3 Å². The lowest BCUT2D eigenvalue weighted by molar-refractivity contribution is -0.201. The van der Waals surface area contributed by atoms with Gasteiger partial charge in [0.15, 0.2) is 5.78 Å².